The molecule has 2 aromatic rings. The highest BCUT2D eigenvalue weighted by atomic mass is 35.5. The summed E-state index contributed by atoms with van der Waals surface area (Å²) < 4.78 is 4.94. The molecule has 3 nitrogen and oxygen atoms in total. The van der Waals surface area contributed by atoms with Crippen LogP contribution >= 0.6 is 11.6 Å². The van der Waals surface area contributed by atoms with Gasteiger partial charge in [0.15, 0.2) is 0 Å². The molecule has 0 aliphatic rings. The highest BCUT2D eigenvalue weighted by molar-refractivity contribution is 6.32. The lowest BCUT2D eigenvalue weighted by Crippen LogP contribution is -2.05. The van der Waals surface area contributed by atoms with Crippen molar-refractivity contribution >= 4 is 28.5 Å². The van der Waals surface area contributed by atoms with Crippen molar-refractivity contribution in [1.82, 2.24) is 4.98 Å². The summed E-state index contributed by atoms with van der Waals surface area (Å²) in [7, 11) is 0. The van der Waals surface area contributed by atoms with Gasteiger partial charge >= 0.3 is 5.97 Å². The van der Waals surface area contributed by atoms with E-state index in [-0.39, 0.29) is 5.97 Å². The number of aromatic nitrogens is 1. The summed E-state index contributed by atoms with van der Waals surface area (Å²) in [5.74, 6) is -0.354. The molecule has 0 fully saturated rings. The standard InChI is InChI=1S/C11H10ClNO2/c1-2-15-11(14)9-6-8(12)5-7-3-4-13-10(7)9/h3-6,13H,2H2,1H3. The van der Waals surface area contributed by atoms with E-state index in [0.717, 1.165) is 10.9 Å². The summed E-state index contributed by atoms with van der Waals surface area (Å²) in [6.45, 7) is 2.13. The first kappa shape index (κ1) is 10.1. The molecular formula is C11H10ClNO2. The van der Waals surface area contributed by atoms with Crippen LogP contribution in [0, 0.1) is 0 Å². The fourth-order valence-corrected chi connectivity index (χ4v) is 1.73. The van der Waals surface area contributed by atoms with Crippen LogP contribution in [0.4, 0.5) is 0 Å². The van der Waals surface area contributed by atoms with E-state index in [1.807, 2.05) is 6.07 Å². The quantitative estimate of drug-likeness (QED) is 0.796. The topological polar surface area (TPSA) is 42.1 Å². The van der Waals surface area contributed by atoms with E-state index in [0.29, 0.717) is 17.2 Å². The number of carbonyl (C=O) groups excluding carboxylic acids is 1. The van der Waals surface area contributed by atoms with Crippen molar-refractivity contribution in [2.75, 3.05) is 6.61 Å². The van der Waals surface area contributed by atoms with Gasteiger partial charge in [0, 0.05) is 16.6 Å². The first-order valence-corrected chi connectivity index (χ1v) is 5.04. The third-order valence-corrected chi connectivity index (χ3v) is 2.34. The summed E-state index contributed by atoms with van der Waals surface area (Å²) in [4.78, 5) is 14.6. The summed E-state index contributed by atoms with van der Waals surface area (Å²) in [5, 5.41) is 1.44. The number of aromatic amines is 1. The van der Waals surface area contributed by atoms with Crippen LogP contribution in [0.1, 0.15) is 17.3 Å². The number of halogens is 1. The lowest BCUT2D eigenvalue weighted by Gasteiger charge is -2.03. The molecule has 0 saturated carbocycles. The van der Waals surface area contributed by atoms with Crippen molar-refractivity contribution in [2.45, 2.75) is 6.92 Å². The Bertz CT molecular complexity index is 504. The predicted molar refractivity (Wildman–Crippen MR) is 59.3 cm³/mol. The highest BCUT2D eigenvalue weighted by Crippen LogP contribution is 2.23. The zero-order chi connectivity index (χ0) is 10.8. The Morgan fingerprint density at radius 3 is 3.07 bits per heavy atom. The van der Waals surface area contributed by atoms with Gasteiger partial charge in [-0.15, -0.1) is 0 Å². The van der Waals surface area contributed by atoms with Gasteiger partial charge in [-0.3, -0.25) is 0 Å². The maximum absolute atomic E-state index is 11.6. The Morgan fingerprint density at radius 1 is 1.53 bits per heavy atom. The Kier molecular flexibility index (Phi) is 2.64. The zero-order valence-electron chi connectivity index (χ0n) is 8.21. The number of ether oxygens (including phenoxy) is 1. The molecule has 0 spiro atoms. The van der Waals surface area contributed by atoms with E-state index in [4.69, 9.17) is 16.3 Å². The Morgan fingerprint density at radius 2 is 2.33 bits per heavy atom. The minimum Gasteiger partial charge on any atom is -0.462 e. The summed E-state index contributed by atoms with van der Waals surface area (Å²) in [6.07, 6.45) is 1.77. The van der Waals surface area contributed by atoms with Crippen molar-refractivity contribution in [2.24, 2.45) is 0 Å². The van der Waals surface area contributed by atoms with Gasteiger partial charge in [0.2, 0.25) is 0 Å². The molecule has 0 radical (unpaired) electrons. The monoisotopic (exact) mass is 223 g/mol. The second-order valence-electron chi connectivity index (χ2n) is 3.12. The third kappa shape index (κ3) is 1.83. The molecule has 0 atom stereocenters. The maximum Gasteiger partial charge on any atom is 0.340 e. The van der Waals surface area contributed by atoms with Gasteiger partial charge in [0.25, 0.3) is 0 Å². The molecular weight excluding hydrogens is 214 g/mol. The van der Waals surface area contributed by atoms with Gasteiger partial charge in [0.05, 0.1) is 17.7 Å². The van der Waals surface area contributed by atoms with Crippen LogP contribution in [-0.4, -0.2) is 17.6 Å². The fraction of sp³-hybridized carbons (Fsp3) is 0.182. The number of nitrogens with one attached hydrogen (secondary N) is 1. The van der Waals surface area contributed by atoms with Gasteiger partial charge in [-0.1, -0.05) is 11.6 Å². The Balaban J connectivity index is 2.57. The van der Waals surface area contributed by atoms with Crippen LogP contribution in [-0.2, 0) is 4.74 Å². The molecule has 1 aromatic carbocycles. The van der Waals surface area contributed by atoms with E-state index in [1.165, 1.54) is 0 Å². The number of fused-ring (bicyclic) bond motifs is 1. The van der Waals surface area contributed by atoms with Crippen LogP contribution in [0.5, 0.6) is 0 Å². The fourth-order valence-electron chi connectivity index (χ4n) is 1.51. The number of hydrogen-bond acceptors (Lipinski definition) is 2. The molecule has 1 aromatic heterocycles. The SMILES string of the molecule is CCOC(=O)c1cc(Cl)cc2cc[nH]c12. The van der Waals surface area contributed by atoms with Crippen molar-refractivity contribution < 1.29 is 9.53 Å². The van der Waals surface area contributed by atoms with Crippen LogP contribution in [0.25, 0.3) is 10.9 Å². The normalized spacial score (nSPS) is 10.5. The maximum atomic E-state index is 11.6. The van der Waals surface area contributed by atoms with Crippen LogP contribution < -0.4 is 0 Å². The number of benzene rings is 1. The van der Waals surface area contributed by atoms with E-state index in [1.54, 1.807) is 25.3 Å². The van der Waals surface area contributed by atoms with Crippen LogP contribution in [0.3, 0.4) is 0 Å². The molecule has 0 aliphatic heterocycles. The molecule has 1 N–H and O–H groups in total. The van der Waals surface area contributed by atoms with Crippen molar-refractivity contribution in [3.8, 4) is 0 Å². The predicted octanol–water partition coefficient (Wildman–Crippen LogP) is 3.00. The molecule has 0 bridgehead atoms. The number of carbonyl (C=O) groups is 1. The van der Waals surface area contributed by atoms with E-state index < -0.39 is 0 Å². The molecule has 0 unspecified atom stereocenters. The molecule has 0 saturated heterocycles. The lowest BCUT2D eigenvalue weighted by atomic mass is 10.1. The summed E-state index contributed by atoms with van der Waals surface area (Å²) in [6, 6.07) is 5.28. The Labute approximate surface area is 92.0 Å². The van der Waals surface area contributed by atoms with Gasteiger partial charge in [-0.05, 0) is 25.1 Å². The number of rotatable bonds is 2. The molecule has 78 valence electrons. The number of esters is 1. The molecule has 1 heterocycles. The van der Waals surface area contributed by atoms with E-state index in [2.05, 4.69) is 4.98 Å². The third-order valence-electron chi connectivity index (χ3n) is 2.12. The minimum absolute atomic E-state index is 0.354. The van der Waals surface area contributed by atoms with Gasteiger partial charge < -0.3 is 9.72 Å². The molecule has 15 heavy (non-hydrogen) atoms. The molecule has 2 rings (SSSR count). The first-order chi connectivity index (χ1) is 7.22. The summed E-state index contributed by atoms with van der Waals surface area (Å²) in [5.41, 5.74) is 1.24. The number of H-pyrrole nitrogens is 1. The average molecular weight is 224 g/mol. The number of hydrogen-bond donors (Lipinski definition) is 1. The van der Waals surface area contributed by atoms with Crippen molar-refractivity contribution in [3.63, 3.8) is 0 Å². The van der Waals surface area contributed by atoms with Gasteiger partial charge in [0.1, 0.15) is 0 Å². The Hall–Kier alpha value is -1.48. The largest absolute Gasteiger partial charge is 0.462 e. The van der Waals surface area contributed by atoms with E-state index >= 15 is 0 Å². The van der Waals surface area contributed by atoms with Crippen molar-refractivity contribution in [1.29, 1.82) is 0 Å². The highest BCUT2D eigenvalue weighted by Gasteiger charge is 2.12. The molecule has 0 amide bonds. The van der Waals surface area contributed by atoms with Gasteiger partial charge in [-0.25, -0.2) is 4.79 Å². The second-order valence-corrected chi connectivity index (χ2v) is 3.55. The minimum atomic E-state index is -0.354. The van der Waals surface area contributed by atoms with Crippen LogP contribution in [0.2, 0.25) is 5.02 Å². The average Bonchev–Trinajstić information content (AvgIpc) is 2.64. The first-order valence-electron chi connectivity index (χ1n) is 4.66. The lowest BCUT2D eigenvalue weighted by molar-refractivity contribution is 0.0528. The second kappa shape index (κ2) is 3.95. The molecule has 0 aliphatic carbocycles. The summed E-state index contributed by atoms with van der Waals surface area (Å²) >= 11 is 5.90. The van der Waals surface area contributed by atoms with E-state index in [9.17, 15) is 4.79 Å². The van der Waals surface area contributed by atoms with Gasteiger partial charge in [-0.2, -0.15) is 0 Å². The zero-order valence-corrected chi connectivity index (χ0v) is 8.97. The molecule has 4 heteroatoms. The van der Waals surface area contributed by atoms with Crippen LogP contribution in [0.15, 0.2) is 24.4 Å². The van der Waals surface area contributed by atoms with Crippen molar-refractivity contribution in [3.05, 3.63) is 35.0 Å². The smallest absolute Gasteiger partial charge is 0.340 e.